The average Bonchev–Trinajstić information content (AvgIpc) is 3.00. The van der Waals surface area contributed by atoms with Crippen LogP contribution in [0.3, 0.4) is 0 Å². The van der Waals surface area contributed by atoms with Gasteiger partial charge in [0, 0.05) is 6.04 Å². The summed E-state index contributed by atoms with van der Waals surface area (Å²) in [6.45, 7) is 9.07. The zero-order valence-electron chi connectivity index (χ0n) is 18.6. The lowest BCUT2D eigenvalue weighted by Crippen LogP contribution is -2.13. The number of aromatic nitrogens is 3. The number of nitrogens with zero attached hydrogens (tertiary/aromatic N) is 3. The molecule has 6 heteroatoms. The highest BCUT2D eigenvalue weighted by atomic mass is 16.5. The van der Waals surface area contributed by atoms with E-state index in [0.29, 0.717) is 35.1 Å². The topological polar surface area (TPSA) is 83.0 Å². The van der Waals surface area contributed by atoms with Crippen LogP contribution in [0.2, 0.25) is 0 Å². The molecule has 0 amide bonds. The van der Waals surface area contributed by atoms with Crippen molar-refractivity contribution in [3.8, 4) is 0 Å². The van der Waals surface area contributed by atoms with Gasteiger partial charge < -0.3 is 15.0 Å². The van der Waals surface area contributed by atoms with Gasteiger partial charge in [-0.1, -0.05) is 58.6 Å². The maximum atomic E-state index is 12.9. The van der Waals surface area contributed by atoms with E-state index < -0.39 is 5.97 Å². The Hall–Kier alpha value is -2.63. The molecule has 6 nitrogen and oxygen atoms in total. The Morgan fingerprint density at radius 1 is 1.07 bits per heavy atom. The first kappa shape index (κ1) is 22.1. The number of rotatable bonds is 10. The van der Waals surface area contributed by atoms with Crippen LogP contribution in [-0.2, 0) is 4.74 Å². The van der Waals surface area contributed by atoms with Gasteiger partial charge in [-0.15, -0.1) is 0 Å². The Kier molecular flexibility index (Phi) is 7.29. The van der Waals surface area contributed by atoms with E-state index in [4.69, 9.17) is 20.4 Å². The fraction of sp³-hybridized carbons (Fsp3) is 0.542. The number of benzene rings is 1. The number of nitrogen functional groups attached to an aromatic ring is 1. The van der Waals surface area contributed by atoms with E-state index in [1.807, 2.05) is 28.8 Å². The van der Waals surface area contributed by atoms with Crippen molar-refractivity contribution in [2.75, 3.05) is 12.3 Å². The Labute approximate surface area is 178 Å². The number of carbonyl (C=O) groups excluding carboxylic acids is 1. The number of hydrogen-bond donors (Lipinski definition) is 1. The molecule has 3 rings (SSSR count). The number of nitrogens with two attached hydrogens (primary N) is 1. The third kappa shape index (κ3) is 4.74. The molecule has 1 aromatic carbocycles. The molecule has 2 N–H and O–H groups in total. The number of ether oxygens (including phenoxy) is 1. The van der Waals surface area contributed by atoms with Gasteiger partial charge in [0.05, 0.1) is 17.6 Å². The van der Waals surface area contributed by atoms with Gasteiger partial charge >= 0.3 is 5.97 Å². The normalized spacial score (nSPS) is 12.7. The van der Waals surface area contributed by atoms with E-state index in [1.54, 1.807) is 0 Å². The second kappa shape index (κ2) is 9.92. The van der Waals surface area contributed by atoms with Crippen molar-refractivity contribution < 1.29 is 9.53 Å². The fourth-order valence-corrected chi connectivity index (χ4v) is 3.83. The average molecular weight is 411 g/mol. The summed E-state index contributed by atoms with van der Waals surface area (Å²) >= 11 is 0. The molecule has 0 aliphatic rings. The van der Waals surface area contributed by atoms with E-state index in [9.17, 15) is 4.79 Å². The van der Waals surface area contributed by atoms with Crippen molar-refractivity contribution in [2.45, 2.75) is 72.3 Å². The number of fused-ring (bicyclic) bond motifs is 2. The van der Waals surface area contributed by atoms with Crippen LogP contribution in [0.25, 0.3) is 22.2 Å². The van der Waals surface area contributed by atoms with Crippen LogP contribution in [0.15, 0.2) is 24.3 Å². The molecule has 0 unspecified atom stereocenters. The first-order valence-corrected chi connectivity index (χ1v) is 11.2. The molecule has 0 spiro atoms. The molecule has 0 fully saturated rings. The molecule has 30 heavy (non-hydrogen) atoms. The van der Waals surface area contributed by atoms with Gasteiger partial charge in [0.2, 0.25) is 0 Å². The van der Waals surface area contributed by atoms with E-state index >= 15 is 0 Å². The molecule has 0 saturated carbocycles. The Bertz CT molecular complexity index is 1010. The highest BCUT2D eigenvalue weighted by Crippen LogP contribution is 2.33. The van der Waals surface area contributed by atoms with Gasteiger partial charge in [0.1, 0.15) is 16.9 Å². The summed E-state index contributed by atoms with van der Waals surface area (Å²) in [4.78, 5) is 22.5. The molecule has 2 aromatic heterocycles. The highest BCUT2D eigenvalue weighted by Gasteiger charge is 2.27. The van der Waals surface area contributed by atoms with Crippen molar-refractivity contribution in [1.82, 2.24) is 14.5 Å². The van der Waals surface area contributed by atoms with Crippen molar-refractivity contribution in [1.29, 1.82) is 0 Å². The molecular formula is C24H34N4O2. The van der Waals surface area contributed by atoms with Gasteiger partial charge in [0.15, 0.2) is 5.65 Å². The van der Waals surface area contributed by atoms with E-state index in [-0.39, 0.29) is 6.04 Å². The number of esters is 1. The maximum Gasteiger partial charge on any atom is 0.344 e. The van der Waals surface area contributed by atoms with Crippen molar-refractivity contribution in [3.63, 3.8) is 0 Å². The first-order valence-electron chi connectivity index (χ1n) is 11.2. The molecule has 0 radical (unpaired) electrons. The fourth-order valence-electron chi connectivity index (χ4n) is 3.83. The minimum absolute atomic E-state index is 0.118. The lowest BCUT2D eigenvalue weighted by atomic mass is 10.0. The highest BCUT2D eigenvalue weighted by molar-refractivity contribution is 6.08. The van der Waals surface area contributed by atoms with Crippen LogP contribution in [0.5, 0.6) is 0 Å². The van der Waals surface area contributed by atoms with Gasteiger partial charge in [-0.2, -0.15) is 0 Å². The standard InChI is InChI=1S/C24H34N4O2/c1-5-6-15-30-24(29)20-21-23(27-19-14-10-9-13-18(19)26-21)28(22(20)25)17(4)12-8-7-11-16(2)3/h9-10,13-14,16-17H,5-8,11-12,15,25H2,1-4H3/t17-/m0/s1. The second-order valence-electron chi connectivity index (χ2n) is 8.53. The van der Waals surface area contributed by atoms with Gasteiger partial charge in [-0.25, -0.2) is 14.8 Å². The van der Waals surface area contributed by atoms with Crippen LogP contribution in [0, 0.1) is 5.92 Å². The summed E-state index contributed by atoms with van der Waals surface area (Å²) in [7, 11) is 0. The van der Waals surface area contributed by atoms with Crippen molar-refractivity contribution >= 4 is 34.0 Å². The second-order valence-corrected chi connectivity index (χ2v) is 8.53. The smallest absolute Gasteiger partial charge is 0.344 e. The van der Waals surface area contributed by atoms with Gasteiger partial charge in [-0.05, 0) is 37.8 Å². The van der Waals surface area contributed by atoms with Crippen LogP contribution in [-0.4, -0.2) is 27.1 Å². The first-order chi connectivity index (χ1) is 14.4. The molecule has 1 atom stereocenters. The molecule has 0 aliphatic carbocycles. The molecule has 162 valence electrons. The quantitative estimate of drug-likeness (QED) is 0.332. The lowest BCUT2D eigenvalue weighted by molar-refractivity contribution is 0.0503. The number of carbonyl (C=O) groups is 1. The predicted molar refractivity (Wildman–Crippen MR) is 123 cm³/mol. The van der Waals surface area contributed by atoms with E-state index in [1.165, 1.54) is 12.8 Å². The molecule has 2 heterocycles. The summed E-state index contributed by atoms with van der Waals surface area (Å²) < 4.78 is 7.46. The molecular weight excluding hydrogens is 376 g/mol. The monoisotopic (exact) mass is 410 g/mol. The zero-order valence-corrected chi connectivity index (χ0v) is 18.6. The predicted octanol–water partition coefficient (Wildman–Crippen LogP) is 5.90. The van der Waals surface area contributed by atoms with E-state index in [0.717, 1.165) is 36.7 Å². The summed E-state index contributed by atoms with van der Waals surface area (Å²) in [6, 6.07) is 7.81. The zero-order chi connectivity index (χ0) is 21.7. The van der Waals surface area contributed by atoms with Crippen LogP contribution < -0.4 is 5.73 Å². The van der Waals surface area contributed by atoms with Gasteiger partial charge in [0.25, 0.3) is 0 Å². The third-order valence-corrected chi connectivity index (χ3v) is 5.56. The number of anilines is 1. The summed E-state index contributed by atoms with van der Waals surface area (Å²) in [5, 5.41) is 0. The Morgan fingerprint density at radius 2 is 1.73 bits per heavy atom. The summed E-state index contributed by atoms with van der Waals surface area (Å²) in [6.07, 6.45) is 6.26. The minimum Gasteiger partial charge on any atom is -0.462 e. The molecule has 3 aromatic rings. The van der Waals surface area contributed by atoms with Gasteiger partial charge in [-0.3, -0.25) is 0 Å². The lowest BCUT2D eigenvalue weighted by Gasteiger charge is -2.17. The third-order valence-electron chi connectivity index (χ3n) is 5.56. The molecule has 0 bridgehead atoms. The summed E-state index contributed by atoms with van der Waals surface area (Å²) in [5.41, 5.74) is 9.59. The number of hydrogen-bond acceptors (Lipinski definition) is 5. The Morgan fingerprint density at radius 3 is 2.40 bits per heavy atom. The number of para-hydroxylation sites is 2. The maximum absolute atomic E-state index is 12.9. The largest absolute Gasteiger partial charge is 0.462 e. The molecule has 0 saturated heterocycles. The van der Waals surface area contributed by atoms with Crippen LogP contribution in [0.4, 0.5) is 5.82 Å². The van der Waals surface area contributed by atoms with Crippen molar-refractivity contribution in [3.05, 3.63) is 29.8 Å². The van der Waals surface area contributed by atoms with E-state index in [2.05, 4.69) is 27.7 Å². The van der Waals surface area contributed by atoms with Crippen LogP contribution in [0.1, 0.15) is 82.6 Å². The minimum atomic E-state index is -0.415. The SMILES string of the molecule is CCCCOC(=O)c1c(N)n([C@@H](C)CCCCC(C)C)c2nc3ccccc3nc12. The molecule has 0 aliphatic heterocycles. The van der Waals surface area contributed by atoms with Crippen molar-refractivity contribution in [2.24, 2.45) is 5.92 Å². The Balaban J connectivity index is 2.01. The van der Waals surface area contributed by atoms with Crippen LogP contribution >= 0.6 is 0 Å². The summed E-state index contributed by atoms with van der Waals surface area (Å²) in [5.74, 6) is 0.693. The number of unbranched alkanes of at least 4 members (excludes halogenated alkanes) is 2.